The third-order valence-electron chi connectivity index (χ3n) is 1.72. The molecule has 0 amide bonds. The molecule has 1 unspecified atom stereocenters. The van der Waals surface area contributed by atoms with E-state index in [2.05, 4.69) is 5.73 Å². The lowest BCUT2D eigenvalue weighted by Crippen LogP contribution is -2.50. The second kappa shape index (κ2) is 5.37. The Morgan fingerprint density at radius 3 is 2.62 bits per heavy atom. The number of hydrogen-bond acceptors (Lipinski definition) is 3. The third kappa shape index (κ3) is 5.80. The molecule has 0 saturated heterocycles. The molecule has 0 aromatic rings. The first-order valence-electron chi connectivity index (χ1n) is 4.20. The van der Waals surface area contributed by atoms with Crippen LogP contribution in [0.5, 0.6) is 0 Å². The van der Waals surface area contributed by atoms with E-state index in [0.717, 1.165) is 0 Å². The average Bonchev–Trinajstić information content (AvgIpc) is 2.00. The van der Waals surface area contributed by atoms with E-state index in [9.17, 15) is 19.4 Å². The molecule has 0 aliphatic carbocycles. The lowest BCUT2D eigenvalue weighted by Gasteiger charge is -2.16. The summed E-state index contributed by atoms with van der Waals surface area (Å²) < 4.78 is 11.3. The lowest BCUT2D eigenvalue weighted by molar-refractivity contribution is -0.367. The van der Waals surface area contributed by atoms with Crippen molar-refractivity contribution in [3.63, 3.8) is 0 Å². The zero-order valence-electron chi connectivity index (χ0n) is 7.73. The third-order valence-corrected chi connectivity index (χ3v) is 3.85. The van der Waals surface area contributed by atoms with E-state index in [1.165, 1.54) is 6.92 Å². The number of hydrogen-bond donors (Lipinski definition) is 2. The van der Waals surface area contributed by atoms with E-state index in [0.29, 0.717) is 13.0 Å². The van der Waals surface area contributed by atoms with Gasteiger partial charge in [-0.1, -0.05) is 6.92 Å². The van der Waals surface area contributed by atoms with E-state index in [4.69, 9.17) is 0 Å². The minimum absolute atomic E-state index is 0.147. The van der Waals surface area contributed by atoms with E-state index in [-0.39, 0.29) is 12.3 Å². The molecular formula is C7H16NO4P. The Kier molecular flexibility index (Phi) is 5.21. The maximum atomic E-state index is 11.3. The number of quaternary nitrogens is 1. The summed E-state index contributed by atoms with van der Waals surface area (Å²) >= 11 is 0. The van der Waals surface area contributed by atoms with Gasteiger partial charge in [-0.25, -0.2) is 0 Å². The topological polar surface area (TPSA) is 105 Å². The molecule has 0 aliphatic rings. The Balaban J connectivity index is 4.01. The molecule has 0 aromatic carbocycles. The van der Waals surface area contributed by atoms with Crippen LogP contribution in [0.3, 0.4) is 0 Å². The van der Waals surface area contributed by atoms with E-state index >= 15 is 0 Å². The molecule has 0 aromatic heterocycles. The number of carboxylic acids is 1. The van der Waals surface area contributed by atoms with Gasteiger partial charge < -0.3 is 20.5 Å². The standard InChI is InChI=1S/C7H16NO4P/c1-6(7(9)10)5-13(11,12)4-2-3-8/h6H,2-5,8H2,1H3,(H,9,10)(H,11,12)/t6-/m1/s1. The van der Waals surface area contributed by atoms with Gasteiger partial charge in [0.25, 0.3) is 0 Å². The Labute approximate surface area is 77.4 Å². The van der Waals surface area contributed by atoms with Crippen molar-refractivity contribution in [1.82, 2.24) is 0 Å². The number of rotatable bonds is 6. The summed E-state index contributed by atoms with van der Waals surface area (Å²) in [5.74, 6) is -2.13. The van der Waals surface area contributed by atoms with Crippen molar-refractivity contribution in [2.75, 3.05) is 18.9 Å². The predicted octanol–water partition coefficient (Wildman–Crippen LogP) is -1.73. The van der Waals surface area contributed by atoms with Crippen molar-refractivity contribution in [1.29, 1.82) is 0 Å². The van der Waals surface area contributed by atoms with Gasteiger partial charge in [-0.3, -0.25) is 4.57 Å². The summed E-state index contributed by atoms with van der Waals surface area (Å²) in [6.45, 7) is 1.96. The fourth-order valence-corrected chi connectivity index (χ4v) is 2.86. The predicted molar refractivity (Wildman–Crippen MR) is 46.1 cm³/mol. The highest BCUT2D eigenvalue weighted by atomic mass is 31.2. The number of aliphatic carboxylic acids is 1. The highest BCUT2D eigenvalue weighted by molar-refractivity contribution is 7.58. The van der Waals surface area contributed by atoms with Gasteiger partial charge in [-0.05, 0) is 0 Å². The molecule has 4 N–H and O–H groups in total. The SMILES string of the molecule is C[C@H](CP(=O)(O)CCC[NH3+])C(=O)[O-]. The zero-order chi connectivity index (χ0) is 10.5. The minimum atomic E-state index is -3.28. The van der Waals surface area contributed by atoms with Crippen molar-refractivity contribution in [2.45, 2.75) is 13.3 Å². The Hall–Kier alpha value is -0.380. The molecule has 5 nitrogen and oxygen atoms in total. The number of carbonyl (C=O) groups excluding carboxylic acids is 1. The van der Waals surface area contributed by atoms with Crippen LogP contribution in [0.15, 0.2) is 0 Å². The summed E-state index contributed by atoms with van der Waals surface area (Å²) in [5.41, 5.74) is 3.54. The normalized spacial score (nSPS) is 17.8. The first-order valence-corrected chi connectivity index (χ1v) is 6.23. The molecule has 0 aliphatic heterocycles. The van der Waals surface area contributed by atoms with Crippen molar-refractivity contribution in [3.8, 4) is 0 Å². The summed E-state index contributed by atoms with van der Waals surface area (Å²) in [4.78, 5) is 19.6. The van der Waals surface area contributed by atoms with Gasteiger partial charge in [0.15, 0.2) is 0 Å². The zero-order valence-corrected chi connectivity index (χ0v) is 8.63. The van der Waals surface area contributed by atoms with Crippen LogP contribution in [-0.4, -0.2) is 29.7 Å². The van der Waals surface area contributed by atoms with E-state index in [1.54, 1.807) is 0 Å². The van der Waals surface area contributed by atoms with E-state index < -0.39 is 19.3 Å². The van der Waals surface area contributed by atoms with Crippen molar-refractivity contribution in [2.24, 2.45) is 5.92 Å². The monoisotopic (exact) mass is 209 g/mol. The lowest BCUT2D eigenvalue weighted by atomic mass is 10.2. The summed E-state index contributed by atoms with van der Waals surface area (Å²) in [7, 11) is -3.28. The first kappa shape index (κ1) is 12.6. The first-order chi connectivity index (χ1) is 5.89. The maximum absolute atomic E-state index is 11.3. The highest BCUT2D eigenvalue weighted by Crippen LogP contribution is 2.42. The minimum Gasteiger partial charge on any atom is -0.550 e. The molecule has 0 rings (SSSR count). The van der Waals surface area contributed by atoms with Crippen molar-refractivity contribution < 1.29 is 25.1 Å². The van der Waals surface area contributed by atoms with Crippen LogP contribution >= 0.6 is 7.37 Å². The van der Waals surface area contributed by atoms with Gasteiger partial charge in [-0.15, -0.1) is 0 Å². The molecule has 78 valence electrons. The van der Waals surface area contributed by atoms with Gasteiger partial charge in [0, 0.05) is 30.6 Å². The van der Waals surface area contributed by atoms with Crippen molar-refractivity contribution >= 4 is 13.3 Å². The van der Waals surface area contributed by atoms with Crippen LogP contribution in [0, 0.1) is 5.92 Å². The smallest absolute Gasteiger partial charge is 0.201 e. The molecule has 0 bridgehead atoms. The summed E-state index contributed by atoms with van der Waals surface area (Å²) in [5, 5.41) is 10.3. The molecule has 0 spiro atoms. The van der Waals surface area contributed by atoms with Gasteiger partial charge >= 0.3 is 0 Å². The fourth-order valence-electron chi connectivity index (χ4n) is 0.953. The van der Waals surface area contributed by atoms with Gasteiger partial charge in [0.2, 0.25) is 7.37 Å². The molecule has 2 atom stereocenters. The quantitative estimate of drug-likeness (QED) is 0.507. The van der Waals surface area contributed by atoms with Crippen LogP contribution in [0.25, 0.3) is 0 Å². The molecule has 6 heteroatoms. The molecule has 0 radical (unpaired) electrons. The van der Waals surface area contributed by atoms with Crippen LogP contribution < -0.4 is 10.8 Å². The van der Waals surface area contributed by atoms with Crippen LogP contribution in [0.2, 0.25) is 0 Å². The maximum Gasteiger partial charge on any atom is 0.201 e. The summed E-state index contributed by atoms with van der Waals surface area (Å²) in [6.07, 6.45) is 0.497. The average molecular weight is 209 g/mol. The van der Waals surface area contributed by atoms with E-state index in [1.807, 2.05) is 0 Å². The largest absolute Gasteiger partial charge is 0.550 e. The molecular weight excluding hydrogens is 193 g/mol. The highest BCUT2D eigenvalue weighted by Gasteiger charge is 2.21. The van der Waals surface area contributed by atoms with Crippen LogP contribution in [-0.2, 0) is 9.36 Å². The fraction of sp³-hybridized carbons (Fsp3) is 0.857. The van der Waals surface area contributed by atoms with Crippen molar-refractivity contribution in [3.05, 3.63) is 0 Å². The van der Waals surface area contributed by atoms with Gasteiger partial charge in [0.05, 0.1) is 6.54 Å². The summed E-state index contributed by atoms with van der Waals surface area (Å²) in [6, 6.07) is 0. The van der Waals surface area contributed by atoms with Gasteiger partial charge in [0.1, 0.15) is 0 Å². The van der Waals surface area contributed by atoms with Gasteiger partial charge in [-0.2, -0.15) is 0 Å². The molecule has 0 fully saturated rings. The van der Waals surface area contributed by atoms with Crippen LogP contribution in [0.4, 0.5) is 0 Å². The Bertz CT molecular complexity index is 219. The van der Waals surface area contributed by atoms with Crippen LogP contribution in [0.1, 0.15) is 13.3 Å². The Morgan fingerprint density at radius 1 is 1.69 bits per heavy atom. The number of carbonyl (C=O) groups is 1. The molecule has 13 heavy (non-hydrogen) atoms. The second-order valence-electron chi connectivity index (χ2n) is 3.18. The molecule has 0 saturated carbocycles. The number of carboxylic acid groups (broad SMARTS) is 1. The second-order valence-corrected chi connectivity index (χ2v) is 5.68. The molecule has 0 heterocycles. The Morgan fingerprint density at radius 2 is 2.23 bits per heavy atom.